The maximum absolute atomic E-state index is 12.5. The highest BCUT2D eigenvalue weighted by atomic mass is 16.5. The number of amides is 1. The number of carbonyl (C=O) groups is 1. The van der Waals surface area contributed by atoms with Gasteiger partial charge in [-0.15, -0.1) is 0 Å². The minimum absolute atomic E-state index is 0.0267. The van der Waals surface area contributed by atoms with E-state index < -0.39 is 0 Å². The van der Waals surface area contributed by atoms with E-state index in [4.69, 9.17) is 9.47 Å². The Hall–Kier alpha value is -3.02. The largest absolute Gasteiger partial charge is 0.493 e. The fraction of sp³-hybridized carbons (Fsp3) is 0.333. The number of aromatic nitrogens is 2. The van der Waals surface area contributed by atoms with Crippen LogP contribution in [0.4, 0.5) is 0 Å². The third kappa shape index (κ3) is 4.78. The highest BCUT2D eigenvalue weighted by molar-refractivity contribution is 5.92. The van der Waals surface area contributed by atoms with Crippen LogP contribution in [0.1, 0.15) is 30.1 Å². The van der Waals surface area contributed by atoms with Crippen molar-refractivity contribution >= 4 is 12.0 Å². The van der Waals surface area contributed by atoms with Crippen LogP contribution in [0.2, 0.25) is 0 Å². The number of hydrogen-bond acceptors (Lipinski definition) is 4. The number of H-pyrrole nitrogens is 1. The number of nitrogens with one attached hydrogen (secondary N) is 1. The zero-order valence-corrected chi connectivity index (χ0v) is 15.6. The second kappa shape index (κ2) is 9.07. The standard InChI is InChI=1S/C21H25N3O3/c1-3-14-27-18-6-4-16(15-19(18)26-2)5-7-20(25)24-12-8-17(9-13-24)21-22-10-11-23-21/h3-7,10-11,15,17H,1,8-9,12-14H2,2H3,(H,22,23)/b7-5-. The summed E-state index contributed by atoms with van der Waals surface area (Å²) in [5.74, 6) is 2.73. The molecule has 1 amide bonds. The van der Waals surface area contributed by atoms with E-state index in [1.807, 2.05) is 29.3 Å². The lowest BCUT2D eigenvalue weighted by atomic mass is 9.96. The van der Waals surface area contributed by atoms with Crippen LogP contribution in [0.15, 0.2) is 49.3 Å². The van der Waals surface area contributed by atoms with Gasteiger partial charge >= 0.3 is 0 Å². The summed E-state index contributed by atoms with van der Waals surface area (Å²) in [4.78, 5) is 21.9. The van der Waals surface area contributed by atoms with Gasteiger partial charge < -0.3 is 19.4 Å². The molecule has 0 aliphatic carbocycles. The quantitative estimate of drug-likeness (QED) is 0.602. The Morgan fingerprint density at radius 2 is 2.19 bits per heavy atom. The van der Waals surface area contributed by atoms with Crippen LogP contribution in [0.5, 0.6) is 11.5 Å². The van der Waals surface area contributed by atoms with Gasteiger partial charge in [-0.1, -0.05) is 18.7 Å². The Labute approximate surface area is 159 Å². The predicted octanol–water partition coefficient (Wildman–Crippen LogP) is 3.40. The van der Waals surface area contributed by atoms with E-state index in [1.54, 1.807) is 31.5 Å². The van der Waals surface area contributed by atoms with Gasteiger partial charge in [0, 0.05) is 37.5 Å². The molecule has 1 N–H and O–H groups in total. The summed E-state index contributed by atoms with van der Waals surface area (Å²) in [5.41, 5.74) is 0.886. The van der Waals surface area contributed by atoms with Crippen molar-refractivity contribution in [1.29, 1.82) is 0 Å². The molecule has 0 spiro atoms. The molecule has 6 nitrogen and oxygen atoms in total. The first kappa shape index (κ1) is 18.8. The minimum atomic E-state index is 0.0267. The monoisotopic (exact) mass is 367 g/mol. The van der Waals surface area contributed by atoms with Crippen LogP contribution < -0.4 is 9.47 Å². The van der Waals surface area contributed by atoms with Crippen molar-refractivity contribution in [2.45, 2.75) is 18.8 Å². The third-order valence-corrected chi connectivity index (χ3v) is 4.68. The summed E-state index contributed by atoms with van der Waals surface area (Å²) in [5, 5.41) is 0. The molecule has 1 aromatic heterocycles. The first-order valence-electron chi connectivity index (χ1n) is 9.09. The number of rotatable bonds is 7. The summed E-state index contributed by atoms with van der Waals surface area (Å²) in [6.45, 7) is 5.54. The molecule has 0 saturated carbocycles. The average molecular weight is 367 g/mol. The molecule has 1 aromatic carbocycles. The zero-order chi connectivity index (χ0) is 19.1. The lowest BCUT2D eigenvalue weighted by molar-refractivity contribution is -0.127. The van der Waals surface area contributed by atoms with Gasteiger partial charge in [0.15, 0.2) is 11.5 Å². The highest BCUT2D eigenvalue weighted by Crippen LogP contribution is 2.29. The molecule has 0 atom stereocenters. The number of ether oxygens (including phenoxy) is 2. The molecule has 1 aliphatic rings. The van der Waals surface area contributed by atoms with E-state index in [-0.39, 0.29) is 5.91 Å². The van der Waals surface area contributed by atoms with Gasteiger partial charge in [-0.2, -0.15) is 0 Å². The fourth-order valence-electron chi connectivity index (χ4n) is 3.20. The van der Waals surface area contributed by atoms with Crippen LogP contribution in [-0.4, -0.2) is 47.6 Å². The molecule has 6 heteroatoms. The van der Waals surface area contributed by atoms with E-state index in [9.17, 15) is 4.79 Å². The van der Waals surface area contributed by atoms with Crippen LogP contribution in [0.3, 0.4) is 0 Å². The number of likely N-dealkylation sites (tertiary alicyclic amines) is 1. The van der Waals surface area contributed by atoms with E-state index in [2.05, 4.69) is 16.5 Å². The molecule has 0 unspecified atom stereocenters. The molecule has 1 fully saturated rings. The van der Waals surface area contributed by atoms with Crippen LogP contribution >= 0.6 is 0 Å². The molecule has 142 valence electrons. The average Bonchev–Trinajstić information content (AvgIpc) is 3.25. The first-order chi connectivity index (χ1) is 13.2. The molecule has 3 rings (SSSR count). The highest BCUT2D eigenvalue weighted by Gasteiger charge is 2.23. The van der Waals surface area contributed by atoms with Crippen LogP contribution in [-0.2, 0) is 4.79 Å². The van der Waals surface area contributed by atoms with E-state index in [0.29, 0.717) is 24.0 Å². The number of piperidine rings is 1. The number of aromatic amines is 1. The van der Waals surface area contributed by atoms with Crippen molar-refractivity contribution in [3.05, 3.63) is 60.7 Å². The number of imidazole rings is 1. The number of hydrogen-bond donors (Lipinski definition) is 1. The van der Waals surface area contributed by atoms with Gasteiger partial charge in [-0.25, -0.2) is 4.98 Å². The van der Waals surface area contributed by atoms with E-state index >= 15 is 0 Å². The second-order valence-electron chi connectivity index (χ2n) is 6.42. The fourth-order valence-corrected chi connectivity index (χ4v) is 3.20. The molecule has 1 saturated heterocycles. The topological polar surface area (TPSA) is 67.5 Å². The maximum atomic E-state index is 12.5. The Morgan fingerprint density at radius 1 is 1.37 bits per heavy atom. The van der Waals surface area contributed by atoms with Crippen LogP contribution in [0, 0.1) is 0 Å². The molecular formula is C21H25N3O3. The number of benzene rings is 1. The van der Waals surface area contributed by atoms with Crippen LogP contribution in [0.25, 0.3) is 6.08 Å². The van der Waals surface area contributed by atoms with Gasteiger partial charge in [0.25, 0.3) is 0 Å². The normalized spacial score (nSPS) is 15.1. The lowest BCUT2D eigenvalue weighted by Gasteiger charge is -2.30. The SMILES string of the molecule is C=CCOc1ccc(/C=C\C(=O)N2CCC(c3ncc[nH]3)CC2)cc1OC. The minimum Gasteiger partial charge on any atom is -0.493 e. The molecule has 27 heavy (non-hydrogen) atoms. The first-order valence-corrected chi connectivity index (χ1v) is 9.09. The summed E-state index contributed by atoms with van der Waals surface area (Å²) in [6.07, 6.45) is 10.6. The zero-order valence-electron chi connectivity index (χ0n) is 15.6. The Kier molecular flexibility index (Phi) is 6.30. The van der Waals surface area contributed by atoms with Crippen molar-refractivity contribution in [1.82, 2.24) is 14.9 Å². The van der Waals surface area contributed by atoms with Gasteiger partial charge in [0.05, 0.1) is 7.11 Å². The van der Waals surface area contributed by atoms with Gasteiger partial charge in [0.2, 0.25) is 5.91 Å². The lowest BCUT2D eigenvalue weighted by Crippen LogP contribution is -2.37. The predicted molar refractivity (Wildman–Crippen MR) is 105 cm³/mol. The van der Waals surface area contributed by atoms with Crippen molar-refractivity contribution < 1.29 is 14.3 Å². The molecule has 2 heterocycles. The van der Waals surface area contributed by atoms with Crippen molar-refractivity contribution in [2.75, 3.05) is 26.8 Å². The number of methoxy groups -OCH3 is 1. The molecular weight excluding hydrogens is 342 g/mol. The van der Waals surface area contributed by atoms with E-state index in [0.717, 1.165) is 37.3 Å². The van der Waals surface area contributed by atoms with Gasteiger partial charge in [0.1, 0.15) is 12.4 Å². The summed E-state index contributed by atoms with van der Waals surface area (Å²) in [6, 6.07) is 5.58. The van der Waals surface area contributed by atoms with E-state index in [1.165, 1.54) is 0 Å². The second-order valence-corrected chi connectivity index (χ2v) is 6.42. The van der Waals surface area contributed by atoms with Gasteiger partial charge in [-0.3, -0.25) is 4.79 Å². The Balaban J connectivity index is 1.57. The van der Waals surface area contributed by atoms with Gasteiger partial charge in [-0.05, 0) is 36.6 Å². The summed E-state index contributed by atoms with van der Waals surface area (Å²) in [7, 11) is 1.60. The van der Waals surface area contributed by atoms with Crippen molar-refractivity contribution in [2.24, 2.45) is 0 Å². The Bertz CT molecular complexity index is 791. The molecule has 0 radical (unpaired) electrons. The smallest absolute Gasteiger partial charge is 0.246 e. The van der Waals surface area contributed by atoms with Crippen molar-refractivity contribution in [3.63, 3.8) is 0 Å². The van der Waals surface area contributed by atoms with Crippen molar-refractivity contribution in [3.8, 4) is 11.5 Å². The third-order valence-electron chi connectivity index (χ3n) is 4.68. The Morgan fingerprint density at radius 3 is 2.85 bits per heavy atom. The molecule has 2 aromatic rings. The number of carbonyl (C=O) groups excluding carboxylic acids is 1. The summed E-state index contributed by atoms with van der Waals surface area (Å²) >= 11 is 0. The summed E-state index contributed by atoms with van der Waals surface area (Å²) < 4.78 is 10.9. The molecule has 1 aliphatic heterocycles. The number of nitrogens with zero attached hydrogens (tertiary/aromatic N) is 2. The maximum Gasteiger partial charge on any atom is 0.246 e. The molecule has 0 bridgehead atoms.